The Morgan fingerprint density at radius 1 is 1.28 bits per heavy atom. The van der Waals surface area contributed by atoms with Crippen LogP contribution in [0, 0.1) is 11.3 Å². The molecule has 1 rings (SSSR count). The van der Waals surface area contributed by atoms with Gasteiger partial charge in [-0.1, -0.05) is 27.2 Å². The summed E-state index contributed by atoms with van der Waals surface area (Å²) in [4.78, 5) is 23.1. The van der Waals surface area contributed by atoms with Gasteiger partial charge in [0.2, 0.25) is 11.8 Å². The second-order valence-corrected chi connectivity index (χ2v) is 5.93. The molecule has 0 unspecified atom stereocenters. The average molecular weight is 255 g/mol. The molecule has 0 aliphatic heterocycles. The van der Waals surface area contributed by atoms with Crippen molar-refractivity contribution < 1.29 is 9.59 Å². The Balaban J connectivity index is 2.18. The van der Waals surface area contributed by atoms with Gasteiger partial charge in [0, 0.05) is 6.54 Å². The number of hydrogen-bond acceptors (Lipinski definition) is 3. The molecule has 0 saturated heterocycles. The van der Waals surface area contributed by atoms with Gasteiger partial charge in [0.05, 0.1) is 12.6 Å². The molecule has 0 spiro atoms. The van der Waals surface area contributed by atoms with Crippen LogP contribution in [0.2, 0.25) is 0 Å². The molecule has 18 heavy (non-hydrogen) atoms. The fourth-order valence-electron chi connectivity index (χ4n) is 1.92. The number of carbonyl (C=O) groups excluding carboxylic acids is 2. The molecule has 1 saturated carbocycles. The van der Waals surface area contributed by atoms with Gasteiger partial charge in [-0.3, -0.25) is 9.59 Å². The number of nitrogens with two attached hydrogens (primary N) is 1. The first-order chi connectivity index (χ1) is 8.34. The van der Waals surface area contributed by atoms with Crippen LogP contribution >= 0.6 is 0 Å². The number of rotatable bonds is 6. The highest BCUT2D eigenvalue weighted by Crippen LogP contribution is 2.39. The van der Waals surface area contributed by atoms with Gasteiger partial charge in [0.15, 0.2) is 0 Å². The zero-order valence-electron chi connectivity index (χ0n) is 11.6. The first kappa shape index (κ1) is 15.0. The topological polar surface area (TPSA) is 84.2 Å². The van der Waals surface area contributed by atoms with Crippen LogP contribution in [-0.4, -0.2) is 30.9 Å². The van der Waals surface area contributed by atoms with Crippen LogP contribution in [0.5, 0.6) is 0 Å². The number of nitrogens with one attached hydrogen (secondary N) is 2. The Hall–Kier alpha value is -1.10. The molecule has 0 aromatic heterocycles. The molecule has 104 valence electrons. The molecule has 0 aromatic carbocycles. The first-order valence-electron chi connectivity index (χ1n) is 6.64. The Kier molecular flexibility index (Phi) is 5.14. The summed E-state index contributed by atoms with van der Waals surface area (Å²) in [5, 5.41) is 5.41. The second-order valence-electron chi connectivity index (χ2n) is 5.93. The van der Waals surface area contributed by atoms with E-state index >= 15 is 0 Å². The summed E-state index contributed by atoms with van der Waals surface area (Å²) in [5.74, 6) is -0.343. The first-order valence-corrected chi connectivity index (χ1v) is 6.64. The lowest BCUT2D eigenvalue weighted by molar-refractivity contribution is -0.127. The molecule has 1 fully saturated rings. The molecular formula is C13H25N3O2. The Bertz CT molecular complexity index is 311. The van der Waals surface area contributed by atoms with Gasteiger partial charge in [0.1, 0.15) is 0 Å². The van der Waals surface area contributed by atoms with E-state index in [-0.39, 0.29) is 29.7 Å². The highest BCUT2D eigenvalue weighted by molar-refractivity contribution is 5.87. The summed E-state index contributed by atoms with van der Waals surface area (Å²) in [5.41, 5.74) is 5.93. The third kappa shape index (κ3) is 4.29. The fraction of sp³-hybridized carbons (Fsp3) is 0.846. The average Bonchev–Trinajstić information content (AvgIpc) is 2.29. The normalized spacial score (nSPS) is 18.9. The SMILES string of the molecule is CC(C)[C@H](N)C(=O)NCC(=O)NCC1(C)CCC1. The number of carbonyl (C=O) groups is 2. The van der Waals surface area contributed by atoms with Crippen molar-refractivity contribution in [2.24, 2.45) is 17.1 Å². The minimum absolute atomic E-state index is 0.00926. The van der Waals surface area contributed by atoms with Crippen LogP contribution < -0.4 is 16.4 Å². The molecule has 1 aliphatic carbocycles. The lowest BCUT2D eigenvalue weighted by Crippen LogP contribution is -2.48. The number of hydrogen-bond donors (Lipinski definition) is 3. The van der Waals surface area contributed by atoms with Crippen LogP contribution in [0.4, 0.5) is 0 Å². The smallest absolute Gasteiger partial charge is 0.239 e. The molecule has 1 aliphatic rings. The Morgan fingerprint density at radius 3 is 2.33 bits per heavy atom. The molecule has 0 radical (unpaired) electrons. The largest absolute Gasteiger partial charge is 0.354 e. The summed E-state index contributed by atoms with van der Waals surface area (Å²) in [6.07, 6.45) is 3.57. The van der Waals surface area contributed by atoms with Gasteiger partial charge in [0.25, 0.3) is 0 Å². The molecule has 4 N–H and O–H groups in total. The zero-order chi connectivity index (χ0) is 13.8. The van der Waals surface area contributed by atoms with Gasteiger partial charge in [-0.15, -0.1) is 0 Å². The van der Waals surface area contributed by atoms with Gasteiger partial charge in [-0.2, -0.15) is 0 Å². The molecule has 0 bridgehead atoms. The second kappa shape index (κ2) is 6.18. The van der Waals surface area contributed by atoms with Crippen molar-refractivity contribution in [3.63, 3.8) is 0 Å². The van der Waals surface area contributed by atoms with E-state index in [9.17, 15) is 9.59 Å². The van der Waals surface area contributed by atoms with E-state index in [1.807, 2.05) is 13.8 Å². The molecule has 0 aromatic rings. The molecule has 1 atom stereocenters. The van der Waals surface area contributed by atoms with Crippen molar-refractivity contribution in [2.45, 2.75) is 46.1 Å². The van der Waals surface area contributed by atoms with Crippen molar-refractivity contribution >= 4 is 11.8 Å². The van der Waals surface area contributed by atoms with E-state index in [0.29, 0.717) is 6.54 Å². The Morgan fingerprint density at radius 2 is 1.89 bits per heavy atom. The summed E-state index contributed by atoms with van der Waals surface area (Å²) in [6.45, 7) is 6.63. The van der Waals surface area contributed by atoms with Crippen LogP contribution in [0.3, 0.4) is 0 Å². The maximum Gasteiger partial charge on any atom is 0.239 e. The van der Waals surface area contributed by atoms with Crippen molar-refractivity contribution in [3.05, 3.63) is 0 Å². The molecular weight excluding hydrogens is 230 g/mol. The van der Waals surface area contributed by atoms with Crippen LogP contribution in [-0.2, 0) is 9.59 Å². The summed E-state index contributed by atoms with van der Waals surface area (Å²) >= 11 is 0. The van der Waals surface area contributed by atoms with E-state index in [0.717, 1.165) is 12.8 Å². The monoisotopic (exact) mass is 255 g/mol. The maximum absolute atomic E-state index is 11.6. The molecule has 5 nitrogen and oxygen atoms in total. The van der Waals surface area contributed by atoms with Gasteiger partial charge >= 0.3 is 0 Å². The van der Waals surface area contributed by atoms with E-state index in [1.165, 1.54) is 6.42 Å². The minimum Gasteiger partial charge on any atom is -0.354 e. The predicted octanol–water partition coefficient (Wildman–Crippen LogP) is 0.392. The van der Waals surface area contributed by atoms with E-state index < -0.39 is 6.04 Å². The zero-order valence-corrected chi connectivity index (χ0v) is 11.6. The van der Waals surface area contributed by atoms with Crippen molar-refractivity contribution in [1.82, 2.24) is 10.6 Å². The summed E-state index contributed by atoms with van der Waals surface area (Å²) in [7, 11) is 0. The van der Waals surface area contributed by atoms with E-state index in [1.54, 1.807) is 0 Å². The lowest BCUT2D eigenvalue weighted by Gasteiger charge is -2.38. The lowest BCUT2D eigenvalue weighted by atomic mass is 9.70. The van der Waals surface area contributed by atoms with Gasteiger partial charge < -0.3 is 16.4 Å². The highest BCUT2D eigenvalue weighted by atomic mass is 16.2. The summed E-state index contributed by atoms with van der Waals surface area (Å²) < 4.78 is 0. The van der Waals surface area contributed by atoms with Crippen LogP contribution in [0.1, 0.15) is 40.0 Å². The van der Waals surface area contributed by atoms with Crippen LogP contribution in [0.15, 0.2) is 0 Å². The molecule has 2 amide bonds. The van der Waals surface area contributed by atoms with Crippen molar-refractivity contribution in [2.75, 3.05) is 13.1 Å². The standard InChI is InChI=1S/C13H25N3O2/c1-9(2)11(14)12(18)15-7-10(17)16-8-13(3)5-4-6-13/h9,11H,4-8,14H2,1-3H3,(H,15,18)(H,16,17)/t11-/m0/s1. The quantitative estimate of drug-likeness (QED) is 0.642. The van der Waals surface area contributed by atoms with E-state index in [4.69, 9.17) is 5.73 Å². The van der Waals surface area contributed by atoms with Crippen molar-refractivity contribution in [3.8, 4) is 0 Å². The Labute approximate surface area is 109 Å². The van der Waals surface area contributed by atoms with E-state index in [2.05, 4.69) is 17.6 Å². The predicted molar refractivity (Wildman–Crippen MR) is 70.8 cm³/mol. The fourth-order valence-corrected chi connectivity index (χ4v) is 1.92. The minimum atomic E-state index is -0.554. The molecule has 5 heteroatoms. The van der Waals surface area contributed by atoms with Crippen molar-refractivity contribution in [1.29, 1.82) is 0 Å². The van der Waals surface area contributed by atoms with Gasteiger partial charge in [-0.25, -0.2) is 0 Å². The number of amides is 2. The third-order valence-corrected chi connectivity index (χ3v) is 3.72. The maximum atomic E-state index is 11.6. The summed E-state index contributed by atoms with van der Waals surface area (Å²) in [6, 6.07) is -0.554. The van der Waals surface area contributed by atoms with Gasteiger partial charge in [-0.05, 0) is 24.2 Å². The molecule has 0 heterocycles. The third-order valence-electron chi connectivity index (χ3n) is 3.72. The van der Waals surface area contributed by atoms with Crippen LogP contribution in [0.25, 0.3) is 0 Å². The highest BCUT2D eigenvalue weighted by Gasteiger charge is 2.31.